The van der Waals surface area contributed by atoms with Gasteiger partial charge < -0.3 is 20.7 Å². The van der Waals surface area contributed by atoms with Crippen molar-refractivity contribution >= 4 is 16.9 Å². The summed E-state index contributed by atoms with van der Waals surface area (Å²) in [5, 5.41) is 17.0. The molecule has 1 unspecified atom stereocenters. The van der Waals surface area contributed by atoms with Crippen LogP contribution in [0.25, 0.3) is 10.9 Å². The van der Waals surface area contributed by atoms with Crippen LogP contribution in [0.3, 0.4) is 0 Å². The van der Waals surface area contributed by atoms with Crippen LogP contribution in [0.5, 0.6) is 0 Å². The lowest BCUT2D eigenvalue weighted by atomic mass is 10.0. The van der Waals surface area contributed by atoms with E-state index in [1.807, 2.05) is 43.5 Å². The summed E-state index contributed by atoms with van der Waals surface area (Å²) in [6, 6.07) is 14.4. The quantitative estimate of drug-likeness (QED) is 0.403. The van der Waals surface area contributed by atoms with E-state index in [0.717, 1.165) is 16.5 Å². The van der Waals surface area contributed by atoms with E-state index < -0.39 is 5.97 Å². The number of aromatic amines is 1. The second-order valence-electron chi connectivity index (χ2n) is 7.01. The Labute approximate surface area is 164 Å². The molecular weight excluding hydrogens is 357 g/mol. The van der Waals surface area contributed by atoms with Crippen molar-refractivity contribution in [2.24, 2.45) is 0 Å². The smallest absolute Gasteiger partial charge is 0.304 e. The summed E-state index contributed by atoms with van der Waals surface area (Å²) in [6.45, 7) is 3.12. The second kappa shape index (κ2) is 9.48. The zero-order valence-electron chi connectivity index (χ0n) is 15.9. The number of benzene rings is 2. The SMILES string of the molecule is CC(NCCN[C@@H](CC(=O)O)Cc1c[nH]c2ccccc12)c1ccccc1F. The first-order valence-corrected chi connectivity index (χ1v) is 9.52. The Hall–Kier alpha value is -2.70. The van der Waals surface area contributed by atoms with Gasteiger partial charge in [0.15, 0.2) is 0 Å². The zero-order valence-corrected chi connectivity index (χ0v) is 15.9. The number of H-pyrrole nitrogens is 1. The molecule has 0 amide bonds. The third-order valence-corrected chi connectivity index (χ3v) is 4.94. The van der Waals surface area contributed by atoms with Gasteiger partial charge in [-0.15, -0.1) is 0 Å². The summed E-state index contributed by atoms with van der Waals surface area (Å²) < 4.78 is 13.8. The van der Waals surface area contributed by atoms with Crippen LogP contribution in [0.4, 0.5) is 4.39 Å². The van der Waals surface area contributed by atoms with E-state index in [1.54, 1.807) is 12.1 Å². The van der Waals surface area contributed by atoms with Gasteiger partial charge in [-0.05, 0) is 31.0 Å². The molecule has 0 saturated heterocycles. The van der Waals surface area contributed by atoms with E-state index in [9.17, 15) is 14.3 Å². The maximum atomic E-state index is 13.8. The monoisotopic (exact) mass is 383 g/mol. The van der Waals surface area contributed by atoms with Crippen molar-refractivity contribution in [1.82, 2.24) is 15.6 Å². The van der Waals surface area contributed by atoms with Crippen LogP contribution in [0.15, 0.2) is 54.7 Å². The van der Waals surface area contributed by atoms with Crippen molar-refractivity contribution in [2.45, 2.75) is 31.8 Å². The highest BCUT2D eigenvalue weighted by Gasteiger charge is 2.16. The number of para-hydroxylation sites is 1. The van der Waals surface area contributed by atoms with Crippen molar-refractivity contribution < 1.29 is 14.3 Å². The number of carbonyl (C=O) groups is 1. The van der Waals surface area contributed by atoms with Crippen LogP contribution >= 0.6 is 0 Å². The number of carboxylic acids is 1. The molecule has 3 aromatic rings. The summed E-state index contributed by atoms with van der Waals surface area (Å²) in [5.74, 6) is -1.05. The number of carboxylic acid groups (broad SMARTS) is 1. The molecule has 2 atom stereocenters. The summed E-state index contributed by atoms with van der Waals surface area (Å²) in [5.41, 5.74) is 2.78. The van der Waals surface area contributed by atoms with Crippen LogP contribution in [0.1, 0.15) is 30.5 Å². The van der Waals surface area contributed by atoms with Gasteiger partial charge in [-0.2, -0.15) is 0 Å². The fourth-order valence-electron chi connectivity index (χ4n) is 3.49. The van der Waals surface area contributed by atoms with Crippen molar-refractivity contribution in [3.05, 3.63) is 71.7 Å². The van der Waals surface area contributed by atoms with E-state index in [0.29, 0.717) is 25.1 Å². The molecule has 0 radical (unpaired) electrons. The Morgan fingerprint density at radius 2 is 1.82 bits per heavy atom. The maximum Gasteiger partial charge on any atom is 0.304 e. The normalized spacial score (nSPS) is 13.5. The number of fused-ring (bicyclic) bond motifs is 1. The van der Waals surface area contributed by atoms with E-state index in [2.05, 4.69) is 15.6 Å². The average Bonchev–Trinajstić information content (AvgIpc) is 3.08. The molecule has 1 aromatic heterocycles. The van der Waals surface area contributed by atoms with Crippen LogP contribution < -0.4 is 10.6 Å². The second-order valence-corrected chi connectivity index (χ2v) is 7.01. The van der Waals surface area contributed by atoms with E-state index in [4.69, 9.17) is 0 Å². The Morgan fingerprint density at radius 3 is 2.61 bits per heavy atom. The molecule has 0 bridgehead atoms. The van der Waals surface area contributed by atoms with Crippen molar-refractivity contribution in [3.8, 4) is 0 Å². The van der Waals surface area contributed by atoms with E-state index in [1.165, 1.54) is 6.07 Å². The van der Waals surface area contributed by atoms with Gasteiger partial charge in [-0.25, -0.2) is 4.39 Å². The predicted molar refractivity (Wildman–Crippen MR) is 109 cm³/mol. The van der Waals surface area contributed by atoms with Gasteiger partial charge in [0.1, 0.15) is 5.82 Å². The first-order chi connectivity index (χ1) is 13.5. The highest BCUT2D eigenvalue weighted by atomic mass is 19.1. The van der Waals surface area contributed by atoms with Gasteiger partial charge in [0.2, 0.25) is 0 Å². The number of aromatic nitrogens is 1. The van der Waals surface area contributed by atoms with Crippen molar-refractivity contribution in [1.29, 1.82) is 0 Å². The molecule has 5 nitrogen and oxygen atoms in total. The average molecular weight is 383 g/mol. The largest absolute Gasteiger partial charge is 0.481 e. The molecule has 3 rings (SSSR count). The molecule has 0 saturated carbocycles. The van der Waals surface area contributed by atoms with Gasteiger partial charge in [0.05, 0.1) is 6.42 Å². The summed E-state index contributed by atoms with van der Waals surface area (Å²) in [6.07, 6.45) is 2.61. The molecule has 4 N–H and O–H groups in total. The van der Waals surface area contributed by atoms with Gasteiger partial charge in [-0.3, -0.25) is 4.79 Å². The third kappa shape index (κ3) is 5.18. The molecule has 2 aromatic carbocycles. The molecule has 28 heavy (non-hydrogen) atoms. The van der Waals surface area contributed by atoms with Gasteiger partial charge in [0.25, 0.3) is 0 Å². The minimum absolute atomic E-state index is 0.0440. The number of hydrogen-bond acceptors (Lipinski definition) is 3. The highest BCUT2D eigenvalue weighted by Crippen LogP contribution is 2.20. The van der Waals surface area contributed by atoms with Crippen LogP contribution in [-0.4, -0.2) is 35.2 Å². The van der Waals surface area contributed by atoms with Crippen LogP contribution in [0, 0.1) is 5.82 Å². The Bertz CT molecular complexity index is 925. The number of aliphatic carboxylic acids is 1. The molecule has 0 spiro atoms. The number of rotatable bonds is 10. The Morgan fingerprint density at radius 1 is 1.11 bits per heavy atom. The maximum absolute atomic E-state index is 13.8. The summed E-state index contributed by atoms with van der Waals surface area (Å²) in [4.78, 5) is 14.5. The van der Waals surface area contributed by atoms with Crippen molar-refractivity contribution in [2.75, 3.05) is 13.1 Å². The van der Waals surface area contributed by atoms with Crippen LogP contribution in [-0.2, 0) is 11.2 Å². The highest BCUT2D eigenvalue weighted by molar-refractivity contribution is 5.83. The summed E-state index contributed by atoms with van der Waals surface area (Å²) in [7, 11) is 0. The van der Waals surface area contributed by atoms with E-state index in [-0.39, 0.29) is 24.3 Å². The Balaban J connectivity index is 1.54. The number of hydrogen-bond donors (Lipinski definition) is 4. The lowest BCUT2D eigenvalue weighted by Crippen LogP contribution is -2.38. The lowest BCUT2D eigenvalue weighted by Gasteiger charge is -2.19. The first kappa shape index (κ1) is 20.0. The van der Waals surface area contributed by atoms with E-state index >= 15 is 0 Å². The minimum Gasteiger partial charge on any atom is -0.481 e. The number of halogens is 1. The molecule has 148 valence electrons. The van der Waals surface area contributed by atoms with Crippen LogP contribution in [0.2, 0.25) is 0 Å². The first-order valence-electron chi connectivity index (χ1n) is 9.52. The predicted octanol–water partition coefficient (Wildman–Crippen LogP) is 3.63. The molecule has 0 fully saturated rings. The summed E-state index contributed by atoms with van der Waals surface area (Å²) >= 11 is 0. The van der Waals surface area contributed by atoms with Gasteiger partial charge in [0, 0.05) is 47.8 Å². The van der Waals surface area contributed by atoms with Gasteiger partial charge in [-0.1, -0.05) is 36.4 Å². The van der Waals surface area contributed by atoms with Gasteiger partial charge >= 0.3 is 5.97 Å². The number of nitrogens with one attached hydrogen (secondary N) is 3. The standard InChI is InChI=1S/C22H26FN3O2/c1-15(18-6-2-4-8-20(18)23)24-10-11-25-17(13-22(27)28)12-16-14-26-21-9-5-3-7-19(16)21/h2-9,14-15,17,24-26H,10-13H2,1H3,(H,27,28)/t15?,17-/m1/s1. The third-order valence-electron chi connectivity index (χ3n) is 4.94. The lowest BCUT2D eigenvalue weighted by molar-refractivity contribution is -0.137. The Kier molecular flexibility index (Phi) is 6.79. The fraction of sp³-hybridized carbons (Fsp3) is 0.318. The molecule has 0 aliphatic carbocycles. The molecular formula is C22H26FN3O2. The minimum atomic E-state index is -0.829. The molecule has 0 aliphatic heterocycles. The molecule has 0 aliphatic rings. The fourth-order valence-corrected chi connectivity index (χ4v) is 3.49. The zero-order chi connectivity index (χ0) is 19.9. The molecule has 6 heteroatoms. The van der Waals surface area contributed by atoms with Crippen molar-refractivity contribution in [3.63, 3.8) is 0 Å². The topological polar surface area (TPSA) is 77.2 Å². The molecule has 1 heterocycles.